The summed E-state index contributed by atoms with van der Waals surface area (Å²) in [6.45, 7) is 5.88. The zero-order valence-electron chi connectivity index (χ0n) is 8.96. The molecule has 90 valence electrons. The Morgan fingerprint density at radius 1 is 1.13 bits per heavy atom. The predicted octanol–water partition coefficient (Wildman–Crippen LogP) is 4.55. The standard InChI is InChI=1S/C8H15Br2O4P/c1-4-7(8(9)10)14-15(11,12-5-2)13-6-3/h4-6H2,1-3H3. The van der Waals surface area contributed by atoms with Crippen molar-refractivity contribution in [2.75, 3.05) is 13.2 Å². The van der Waals surface area contributed by atoms with Crippen LogP contribution in [0.4, 0.5) is 0 Å². The third-order valence-electron chi connectivity index (χ3n) is 1.33. The Morgan fingerprint density at radius 3 is 1.87 bits per heavy atom. The molecule has 0 aliphatic heterocycles. The highest BCUT2D eigenvalue weighted by Crippen LogP contribution is 2.52. The fraction of sp³-hybridized carbons (Fsp3) is 0.750. The summed E-state index contributed by atoms with van der Waals surface area (Å²) in [5, 5.41) is 0. The Hall–Kier alpha value is 0.650. The van der Waals surface area contributed by atoms with E-state index in [1.165, 1.54) is 0 Å². The Bertz CT molecular complexity index is 253. The van der Waals surface area contributed by atoms with Gasteiger partial charge in [0.25, 0.3) is 0 Å². The van der Waals surface area contributed by atoms with Crippen LogP contribution in [0.3, 0.4) is 0 Å². The van der Waals surface area contributed by atoms with Gasteiger partial charge in [0.1, 0.15) is 5.76 Å². The van der Waals surface area contributed by atoms with Crippen molar-refractivity contribution in [1.29, 1.82) is 0 Å². The van der Waals surface area contributed by atoms with E-state index in [9.17, 15) is 4.57 Å². The predicted molar refractivity (Wildman–Crippen MR) is 67.1 cm³/mol. The fourth-order valence-corrected chi connectivity index (χ4v) is 3.05. The van der Waals surface area contributed by atoms with E-state index in [0.717, 1.165) is 0 Å². The van der Waals surface area contributed by atoms with Crippen molar-refractivity contribution in [2.24, 2.45) is 0 Å². The summed E-state index contributed by atoms with van der Waals surface area (Å²) in [4.78, 5) is 0. The van der Waals surface area contributed by atoms with Gasteiger partial charge in [-0.1, -0.05) is 6.92 Å². The van der Waals surface area contributed by atoms with E-state index in [4.69, 9.17) is 13.6 Å². The molecule has 0 saturated carbocycles. The van der Waals surface area contributed by atoms with Crippen molar-refractivity contribution in [1.82, 2.24) is 0 Å². The van der Waals surface area contributed by atoms with Gasteiger partial charge in [-0.25, -0.2) is 4.57 Å². The van der Waals surface area contributed by atoms with Gasteiger partial charge < -0.3 is 4.52 Å². The lowest BCUT2D eigenvalue weighted by atomic mass is 10.4. The fourth-order valence-electron chi connectivity index (χ4n) is 0.774. The van der Waals surface area contributed by atoms with E-state index >= 15 is 0 Å². The number of hydrogen-bond donors (Lipinski definition) is 0. The largest absolute Gasteiger partial charge is 0.529 e. The summed E-state index contributed by atoms with van der Waals surface area (Å²) in [7, 11) is -3.46. The summed E-state index contributed by atoms with van der Waals surface area (Å²) in [6, 6.07) is 0. The van der Waals surface area contributed by atoms with Crippen molar-refractivity contribution in [3.63, 3.8) is 0 Å². The number of hydrogen-bond acceptors (Lipinski definition) is 4. The molecule has 0 fully saturated rings. The summed E-state index contributed by atoms with van der Waals surface area (Å²) < 4.78 is 27.8. The van der Waals surface area contributed by atoms with Gasteiger partial charge in [-0.15, -0.1) is 0 Å². The van der Waals surface area contributed by atoms with Gasteiger partial charge in [-0.05, 0) is 45.7 Å². The second-order valence-corrected chi connectivity index (χ2v) is 6.65. The molecule has 0 saturated heterocycles. The zero-order chi connectivity index (χ0) is 11.9. The van der Waals surface area contributed by atoms with Crippen LogP contribution in [-0.2, 0) is 18.1 Å². The molecule has 0 spiro atoms. The highest BCUT2D eigenvalue weighted by atomic mass is 79.9. The van der Waals surface area contributed by atoms with Crippen molar-refractivity contribution >= 4 is 39.7 Å². The maximum Gasteiger partial charge on any atom is 0.529 e. The molecule has 0 amide bonds. The van der Waals surface area contributed by atoms with Crippen LogP contribution >= 0.6 is 39.7 Å². The summed E-state index contributed by atoms with van der Waals surface area (Å²) in [5.41, 5.74) is 0. The van der Waals surface area contributed by atoms with Gasteiger partial charge in [0, 0.05) is 6.42 Å². The molecule has 0 N–H and O–H groups in total. The third-order valence-corrected chi connectivity index (χ3v) is 3.81. The molecule has 15 heavy (non-hydrogen) atoms. The Kier molecular flexibility index (Phi) is 8.19. The molecule has 0 unspecified atom stereocenters. The quantitative estimate of drug-likeness (QED) is 0.490. The summed E-state index contributed by atoms with van der Waals surface area (Å²) >= 11 is 6.39. The van der Waals surface area contributed by atoms with E-state index in [1.807, 2.05) is 6.92 Å². The highest BCUT2D eigenvalue weighted by molar-refractivity contribution is 9.28. The highest BCUT2D eigenvalue weighted by Gasteiger charge is 2.28. The molecule has 0 aliphatic carbocycles. The molecule has 0 aromatic carbocycles. The Balaban J connectivity index is 4.67. The maximum atomic E-state index is 11.9. The topological polar surface area (TPSA) is 44.8 Å². The zero-order valence-corrected chi connectivity index (χ0v) is 13.0. The van der Waals surface area contributed by atoms with Crippen LogP contribution in [0.2, 0.25) is 0 Å². The number of rotatable bonds is 7. The van der Waals surface area contributed by atoms with Gasteiger partial charge in [-0.2, -0.15) is 0 Å². The molecule has 0 heterocycles. The Labute approximate surface area is 107 Å². The van der Waals surface area contributed by atoms with E-state index in [1.54, 1.807) is 13.8 Å². The molecule has 4 nitrogen and oxygen atoms in total. The number of phosphoric ester groups is 1. The van der Waals surface area contributed by atoms with Gasteiger partial charge in [0.05, 0.1) is 16.6 Å². The van der Waals surface area contributed by atoms with Gasteiger partial charge in [-0.3, -0.25) is 9.05 Å². The molecule has 0 aromatic heterocycles. The molecule has 0 rings (SSSR count). The lowest BCUT2D eigenvalue weighted by Gasteiger charge is -2.18. The minimum Gasteiger partial charge on any atom is -0.407 e. The van der Waals surface area contributed by atoms with Crippen LogP contribution in [-0.4, -0.2) is 13.2 Å². The lowest BCUT2D eigenvalue weighted by molar-refractivity contribution is 0.144. The maximum absolute atomic E-state index is 11.9. The first-order chi connectivity index (χ1) is 6.99. The second-order valence-electron chi connectivity index (χ2n) is 2.41. The minimum atomic E-state index is -3.46. The molecule has 0 radical (unpaired) electrons. The van der Waals surface area contributed by atoms with E-state index < -0.39 is 7.82 Å². The minimum absolute atomic E-state index is 0.272. The van der Waals surface area contributed by atoms with Crippen molar-refractivity contribution in [2.45, 2.75) is 27.2 Å². The summed E-state index contributed by atoms with van der Waals surface area (Å²) in [5.74, 6) is 0.500. The molecular formula is C8H15Br2O4P. The number of halogens is 2. The van der Waals surface area contributed by atoms with Crippen LogP contribution in [0.25, 0.3) is 0 Å². The van der Waals surface area contributed by atoms with Crippen LogP contribution in [0.15, 0.2) is 9.15 Å². The molecule has 7 heteroatoms. The molecule has 0 aromatic rings. The van der Waals surface area contributed by atoms with E-state index in [2.05, 4.69) is 31.9 Å². The van der Waals surface area contributed by atoms with E-state index in [0.29, 0.717) is 15.6 Å². The van der Waals surface area contributed by atoms with Crippen molar-refractivity contribution in [3.8, 4) is 0 Å². The van der Waals surface area contributed by atoms with Gasteiger partial charge >= 0.3 is 7.82 Å². The molecule has 0 bridgehead atoms. The van der Waals surface area contributed by atoms with Crippen molar-refractivity contribution in [3.05, 3.63) is 9.15 Å². The second kappa shape index (κ2) is 7.85. The average Bonchev–Trinajstić information content (AvgIpc) is 2.14. The first-order valence-electron chi connectivity index (χ1n) is 4.61. The Morgan fingerprint density at radius 2 is 1.60 bits per heavy atom. The first kappa shape index (κ1) is 15.7. The van der Waals surface area contributed by atoms with E-state index in [-0.39, 0.29) is 13.2 Å². The third kappa shape index (κ3) is 6.07. The van der Waals surface area contributed by atoms with Crippen LogP contribution in [0.1, 0.15) is 27.2 Å². The SMILES string of the molecule is CCOP(=O)(OCC)OC(CC)=C(Br)Br. The van der Waals surface area contributed by atoms with Gasteiger partial charge in [0.2, 0.25) is 0 Å². The summed E-state index contributed by atoms with van der Waals surface area (Å²) in [6.07, 6.45) is 0.579. The smallest absolute Gasteiger partial charge is 0.407 e. The number of allylic oxidation sites excluding steroid dienone is 1. The van der Waals surface area contributed by atoms with Crippen molar-refractivity contribution < 1.29 is 18.1 Å². The van der Waals surface area contributed by atoms with Gasteiger partial charge in [0.15, 0.2) is 0 Å². The first-order valence-corrected chi connectivity index (χ1v) is 7.66. The van der Waals surface area contributed by atoms with Crippen LogP contribution in [0, 0.1) is 0 Å². The van der Waals surface area contributed by atoms with Crippen LogP contribution < -0.4 is 0 Å². The monoisotopic (exact) mass is 364 g/mol. The average molecular weight is 366 g/mol. The number of phosphoric acid groups is 1. The lowest BCUT2D eigenvalue weighted by Crippen LogP contribution is -2.00. The normalized spacial score (nSPS) is 11.3. The van der Waals surface area contributed by atoms with Crippen LogP contribution in [0.5, 0.6) is 0 Å². The molecular weight excluding hydrogens is 351 g/mol. The molecule has 0 aliphatic rings. The molecule has 0 atom stereocenters.